The number of aliphatic hydroxyl groups excluding tert-OH is 1. The summed E-state index contributed by atoms with van der Waals surface area (Å²) in [6, 6.07) is 15.1. The Kier molecular flexibility index (Phi) is 10.3. The maximum atomic E-state index is 13.5. The van der Waals surface area contributed by atoms with E-state index in [-0.39, 0.29) is 48.5 Å². The molecule has 44 heavy (non-hydrogen) atoms. The number of hydrogen-bond acceptors (Lipinski definition) is 7. The number of nitrogens with one attached hydrogen (secondary N) is 2. The molecule has 0 aromatic heterocycles. The number of urea groups is 1. The van der Waals surface area contributed by atoms with Crippen LogP contribution in [0.1, 0.15) is 19.4 Å². The molecule has 0 bridgehead atoms. The Morgan fingerprint density at radius 3 is 2.43 bits per heavy atom. The van der Waals surface area contributed by atoms with Crippen LogP contribution in [0.4, 0.5) is 20.6 Å². The summed E-state index contributed by atoms with van der Waals surface area (Å²) in [5.74, 6) is -0.0698. The summed E-state index contributed by atoms with van der Waals surface area (Å²) >= 11 is 0. The molecule has 236 valence electrons. The van der Waals surface area contributed by atoms with Gasteiger partial charge in [-0.1, -0.05) is 6.92 Å². The van der Waals surface area contributed by atoms with Crippen molar-refractivity contribution in [2.45, 2.75) is 37.3 Å². The van der Waals surface area contributed by atoms with Crippen LogP contribution >= 0.6 is 0 Å². The maximum Gasteiger partial charge on any atom is 0.321 e. The highest BCUT2D eigenvalue weighted by Crippen LogP contribution is 2.30. The van der Waals surface area contributed by atoms with Crippen LogP contribution in [-0.4, -0.2) is 81.3 Å². The van der Waals surface area contributed by atoms with E-state index in [0.29, 0.717) is 22.7 Å². The number of rotatable bonds is 9. The van der Waals surface area contributed by atoms with Gasteiger partial charge in [-0.25, -0.2) is 17.6 Å². The zero-order valence-electron chi connectivity index (χ0n) is 25.0. The third-order valence-electron chi connectivity index (χ3n) is 7.43. The van der Waals surface area contributed by atoms with E-state index in [4.69, 9.17) is 9.47 Å². The fourth-order valence-electron chi connectivity index (χ4n) is 4.78. The molecular formula is C31H37FN4O7S. The highest BCUT2D eigenvalue weighted by atomic mass is 32.2. The molecule has 0 fully saturated rings. The molecule has 4 rings (SSSR count). The molecule has 3 aromatic carbocycles. The lowest BCUT2D eigenvalue weighted by atomic mass is 10.0. The number of sulfonamides is 1. The van der Waals surface area contributed by atoms with Gasteiger partial charge in [-0.15, -0.1) is 0 Å². The summed E-state index contributed by atoms with van der Waals surface area (Å²) in [6.07, 6.45) is -0.683. The molecule has 0 saturated carbocycles. The minimum Gasteiger partial charge on any atom is -0.497 e. The fourth-order valence-corrected chi connectivity index (χ4v) is 5.83. The second-order valence-electron chi connectivity index (χ2n) is 10.8. The summed E-state index contributed by atoms with van der Waals surface area (Å²) in [7, 11) is -0.868. The van der Waals surface area contributed by atoms with Crippen LogP contribution in [0.5, 0.6) is 11.5 Å². The molecule has 0 saturated heterocycles. The highest BCUT2D eigenvalue weighted by Gasteiger charge is 2.32. The number of halogens is 1. The number of benzene rings is 3. The van der Waals surface area contributed by atoms with Gasteiger partial charge in [-0.05, 0) is 73.7 Å². The SMILES string of the molecule is COc1ccc(S(=O)(=O)Nc2ccc3c(c2)CC(=O)N([C@H](C)CO)C[C@@H](C)[C@@H](CN(C)C(=O)Nc2ccc(F)cc2)O3)cc1. The van der Waals surface area contributed by atoms with E-state index in [2.05, 4.69) is 10.0 Å². The van der Waals surface area contributed by atoms with Gasteiger partial charge in [-0.2, -0.15) is 0 Å². The average Bonchev–Trinajstić information content (AvgIpc) is 3.05. The molecule has 0 spiro atoms. The van der Waals surface area contributed by atoms with E-state index in [0.717, 1.165) is 0 Å². The van der Waals surface area contributed by atoms with Gasteiger partial charge in [-0.3, -0.25) is 9.52 Å². The van der Waals surface area contributed by atoms with Gasteiger partial charge >= 0.3 is 6.03 Å². The molecule has 11 nitrogen and oxygen atoms in total. The number of hydrogen-bond donors (Lipinski definition) is 3. The lowest BCUT2D eigenvalue weighted by molar-refractivity contribution is -0.134. The van der Waals surface area contributed by atoms with Crippen LogP contribution in [0.2, 0.25) is 0 Å². The third-order valence-corrected chi connectivity index (χ3v) is 8.83. The normalized spacial score (nSPS) is 17.7. The first-order valence-electron chi connectivity index (χ1n) is 14.0. The van der Waals surface area contributed by atoms with Crippen molar-refractivity contribution in [2.24, 2.45) is 5.92 Å². The second kappa shape index (κ2) is 14.0. The van der Waals surface area contributed by atoms with Crippen LogP contribution in [0.25, 0.3) is 0 Å². The van der Waals surface area contributed by atoms with Gasteiger partial charge < -0.3 is 29.7 Å². The standard InChI is InChI=1S/C31H37FN4O7S/c1-20-17-36(21(2)19-37)30(38)16-22-15-25(34-44(40,41)27-12-10-26(42-4)11-13-27)9-14-28(22)43-29(20)18-35(3)31(39)33-24-7-5-23(32)6-8-24/h5-15,20-21,29,34,37H,16-19H2,1-4H3,(H,33,39)/t20-,21-,29-/m1/s1. The number of fused-ring (bicyclic) bond motifs is 1. The Morgan fingerprint density at radius 2 is 1.80 bits per heavy atom. The lowest BCUT2D eigenvalue weighted by Crippen LogP contribution is -2.48. The van der Waals surface area contributed by atoms with Crippen molar-refractivity contribution >= 4 is 33.3 Å². The van der Waals surface area contributed by atoms with Gasteiger partial charge in [0.15, 0.2) is 0 Å². The summed E-state index contributed by atoms with van der Waals surface area (Å²) in [5.41, 5.74) is 1.10. The van der Waals surface area contributed by atoms with E-state index < -0.39 is 34.0 Å². The number of aliphatic hydroxyl groups is 1. The Morgan fingerprint density at radius 1 is 1.14 bits per heavy atom. The summed E-state index contributed by atoms with van der Waals surface area (Å²) in [4.78, 5) is 29.5. The minimum absolute atomic E-state index is 0.0351. The van der Waals surface area contributed by atoms with Crippen LogP contribution in [0, 0.1) is 11.7 Å². The van der Waals surface area contributed by atoms with E-state index in [1.165, 1.54) is 48.4 Å². The summed E-state index contributed by atoms with van der Waals surface area (Å²) in [6.45, 7) is 3.77. The zero-order chi connectivity index (χ0) is 32.0. The van der Waals surface area contributed by atoms with E-state index >= 15 is 0 Å². The maximum absolute atomic E-state index is 13.5. The molecule has 13 heteroatoms. The van der Waals surface area contributed by atoms with Gasteiger partial charge in [0.05, 0.1) is 37.6 Å². The van der Waals surface area contributed by atoms with Gasteiger partial charge in [0.25, 0.3) is 10.0 Å². The number of methoxy groups -OCH3 is 1. The van der Waals surface area contributed by atoms with Crippen molar-refractivity contribution in [1.29, 1.82) is 0 Å². The first-order chi connectivity index (χ1) is 20.9. The Labute approximate surface area is 256 Å². The largest absolute Gasteiger partial charge is 0.497 e. The zero-order valence-corrected chi connectivity index (χ0v) is 25.8. The average molecular weight is 629 g/mol. The molecule has 0 radical (unpaired) electrons. The van der Waals surface area contributed by atoms with Crippen LogP contribution in [0.15, 0.2) is 71.6 Å². The van der Waals surface area contributed by atoms with Crippen LogP contribution in [-0.2, 0) is 21.2 Å². The fraction of sp³-hybridized carbons (Fsp3) is 0.355. The van der Waals surface area contributed by atoms with Crippen molar-refractivity contribution in [3.05, 3.63) is 78.1 Å². The number of carbonyl (C=O) groups is 2. The first kappa shape index (κ1) is 32.6. The molecular weight excluding hydrogens is 591 g/mol. The van der Waals surface area contributed by atoms with Crippen molar-refractivity contribution in [2.75, 3.05) is 43.9 Å². The van der Waals surface area contributed by atoms with Crippen LogP contribution < -0.4 is 19.5 Å². The molecule has 3 atom stereocenters. The molecule has 1 aliphatic rings. The van der Waals surface area contributed by atoms with Crippen molar-refractivity contribution in [1.82, 2.24) is 9.80 Å². The number of amides is 3. The number of anilines is 2. The van der Waals surface area contributed by atoms with Gasteiger partial charge in [0.2, 0.25) is 5.91 Å². The summed E-state index contributed by atoms with van der Waals surface area (Å²) < 4.78 is 53.5. The smallest absolute Gasteiger partial charge is 0.321 e. The predicted molar refractivity (Wildman–Crippen MR) is 164 cm³/mol. The number of carbonyl (C=O) groups excluding carboxylic acids is 2. The topological polar surface area (TPSA) is 138 Å². The molecule has 1 aliphatic heterocycles. The quantitative estimate of drug-likeness (QED) is 0.326. The Hall–Kier alpha value is -4.36. The monoisotopic (exact) mass is 628 g/mol. The molecule has 3 N–H and O–H groups in total. The van der Waals surface area contributed by atoms with Crippen LogP contribution in [0.3, 0.4) is 0 Å². The first-order valence-corrected chi connectivity index (χ1v) is 15.5. The van der Waals surface area contributed by atoms with E-state index in [1.807, 2.05) is 6.92 Å². The van der Waals surface area contributed by atoms with E-state index in [1.54, 1.807) is 49.2 Å². The number of nitrogens with zero attached hydrogens (tertiary/aromatic N) is 2. The van der Waals surface area contributed by atoms with Gasteiger partial charge in [0, 0.05) is 36.4 Å². The highest BCUT2D eigenvalue weighted by molar-refractivity contribution is 7.92. The van der Waals surface area contributed by atoms with Crippen molar-refractivity contribution in [3.63, 3.8) is 0 Å². The lowest BCUT2D eigenvalue weighted by Gasteiger charge is -2.34. The van der Waals surface area contributed by atoms with Gasteiger partial charge in [0.1, 0.15) is 23.4 Å². The summed E-state index contributed by atoms with van der Waals surface area (Å²) in [5, 5.41) is 12.6. The predicted octanol–water partition coefficient (Wildman–Crippen LogP) is 3.95. The van der Waals surface area contributed by atoms with E-state index in [9.17, 15) is 27.5 Å². The Balaban J connectivity index is 1.60. The Bertz CT molecular complexity index is 1570. The van der Waals surface area contributed by atoms with Crippen molar-refractivity contribution in [3.8, 4) is 11.5 Å². The third kappa shape index (κ3) is 7.97. The molecule has 0 unspecified atom stereocenters. The molecule has 0 aliphatic carbocycles. The molecule has 3 amide bonds. The molecule has 3 aromatic rings. The number of likely N-dealkylation sites (N-methyl/N-ethyl adjacent to an activating group) is 1. The number of ether oxygens (including phenoxy) is 2. The molecule has 1 heterocycles. The second-order valence-corrected chi connectivity index (χ2v) is 12.5. The minimum atomic E-state index is -3.95. The van der Waals surface area contributed by atoms with Crippen molar-refractivity contribution < 1.29 is 37.0 Å².